The van der Waals surface area contributed by atoms with Crippen molar-refractivity contribution in [1.82, 2.24) is 4.90 Å². The molecule has 5 rings (SSSR count). The van der Waals surface area contributed by atoms with Crippen LogP contribution >= 0.6 is 0 Å². The molecule has 198 valence electrons. The van der Waals surface area contributed by atoms with Crippen LogP contribution in [0.5, 0.6) is 11.5 Å². The molecule has 2 amide bonds. The van der Waals surface area contributed by atoms with Crippen molar-refractivity contribution >= 4 is 40.1 Å². The van der Waals surface area contributed by atoms with E-state index in [2.05, 4.69) is 21.6 Å². The minimum Gasteiger partial charge on any atom is -0.454 e. The first-order valence-corrected chi connectivity index (χ1v) is 12.6. The molecule has 0 saturated heterocycles. The molecule has 2 N–H and O–H groups in total. The Bertz CT molecular complexity index is 1500. The number of carbonyl (C=O) groups excluding carboxylic acids is 2. The fraction of sp³-hybridized carbons (Fsp3) is 0.233. The molecule has 2 heterocycles. The van der Waals surface area contributed by atoms with Gasteiger partial charge in [0.1, 0.15) is 0 Å². The van der Waals surface area contributed by atoms with Crippen LogP contribution in [0.25, 0.3) is 11.3 Å². The Morgan fingerprint density at radius 1 is 1.03 bits per heavy atom. The topological polar surface area (TPSA) is 107 Å². The van der Waals surface area contributed by atoms with Crippen LogP contribution in [0.1, 0.15) is 30.0 Å². The first kappa shape index (κ1) is 25.8. The lowest BCUT2D eigenvalue weighted by atomic mass is 9.98. The van der Waals surface area contributed by atoms with E-state index in [0.717, 1.165) is 29.9 Å². The van der Waals surface area contributed by atoms with E-state index in [1.54, 1.807) is 30.0 Å². The summed E-state index contributed by atoms with van der Waals surface area (Å²) in [6.07, 6.45) is 0.856. The summed E-state index contributed by atoms with van der Waals surface area (Å²) >= 11 is 0. The molecular weight excluding hydrogens is 494 g/mol. The number of anilines is 3. The molecule has 0 fully saturated rings. The second kappa shape index (κ2) is 10.9. The average molecular weight is 524 g/mol. The van der Waals surface area contributed by atoms with Gasteiger partial charge in [-0.1, -0.05) is 6.07 Å². The number of fused-ring (bicyclic) bond motifs is 2. The van der Waals surface area contributed by atoms with Gasteiger partial charge in [0.25, 0.3) is 5.91 Å². The zero-order valence-corrected chi connectivity index (χ0v) is 22.1. The second-order valence-electron chi connectivity index (χ2n) is 9.64. The van der Waals surface area contributed by atoms with Crippen molar-refractivity contribution in [3.63, 3.8) is 0 Å². The van der Waals surface area contributed by atoms with Crippen LogP contribution in [0.4, 0.5) is 17.1 Å². The zero-order valence-electron chi connectivity index (χ0n) is 22.1. The van der Waals surface area contributed by atoms with Crippen LogP contribution in [0.3, 0.4) is 0 Å². The number of nitrogens with one attached hydrogen (secondary N) is 2. The number of rotatable bonds is 8. The average Bonchev–Trinajstić information content (AvgIpc) is 3.52. The van der Waals surface area contributed by atoms with Gasteiger partial charge in [-0.2, -0.15) is 5.26 Å². The van der Waals surface area contributed by atoms with Crippen LogP contribution in [0, 0.1) is 11.3 Å². The van der Waals surface area contributed by atoms with Gasteiger partial charge >= 0.3 is 0 Å². The Kier molecular flexibility index (Phi) is 7.21. The molecule has 0 bridgehead atoms. The van der Waals surface area contributed by atoms with E-state index in [4.69, 9.17) is 9.47 Å². The number of carbonyl (C=O) groups is 2. The monoisotopic (exact) mass is 523 g/mol. The number of ether oxygens (including phenoxy) is 2. The van der Waals surface area contributed by atoms with Crippen molar-refractivity contribution in [3.8, 4) is 17.6 Å². The highest BCUT2D eigenvalue weighted by molar-refractivity contribution is 6.37. The number of amides is 2. The minimum absolute atomic E-state index is 0.0198. The lowest BCUT2D eigenvalue weighted by molar-refractivity contribution is -0.116. The van der Waals surface area contributed by atoms with Gasteiger partial charge in [0.2, 0.25) is 12.7 Å². The number of nitrogens with zero attached hydrogens (tertiary/aromatic N) is 3. The third-order valence-electron chi connectivity index (χ3n) is 6.62. The Hall–Kier alpha value is -4.81. The minimum atomic E-state index is -0.277. The van der Waals surface area contributed by atoms with Gasteiger partial charge in [0, 0.05) is 36.0 Å². The van der Waals surface area contributed by atoms with Crippen LogP contribution in [0.15, 0.2) is 60.7 Å². The fourth-order valence-corrected chi connectivity index (χ4v) is 4.70. The maximum atomic E-state index is 13.2. The summed E-state index contributed by atoms with van der Waals surface area (Å²) in [4.78, 5) is 29.4. The molecular formula is C30H29N5O4. The van der Waals surface area contributed by atoms with E-state index in [1.165, 1.54) is 0 Å². The lowest BCUT2D eigenvalue weighted by Gasteiger charge is -2.23. The number of hydrogen-bond donors (Lipinski definition) is 2. The first-order chi connectivity index (χ1) is 18.8. The van der Waals surface area contributed by atoms with Gasteiger partial charge in [0.05, 0.1) is 28.6 Å². The molecule has 0 unspecified atom stereocenters. The van der Waals surface area contributed by atoms with Crippen molar-refractivity contribution in [2.24, 2.45) is 0 Å². The summed E-state index contributed by atoms with van der Waals surface area (Å²) in [5.41, 5.74) is 5.05. The van der Waals surface area contributed by atoms with Gasteiger partial charge in [-0.3, -0.25) is 9.59 Å². The smallest absolute Gasteiger partial charge is 0.258 e. The predicted molar refractivity (Wildman–Crippen MR) is 150 cm³/mol. The summed E-state index contributed by atoms with van der Waals surface area (Å²) in [6.45, 7) is 3.21. The summed E-state index contributed by atoms with van der Waals surface area (Å²) in [5, 5.41) is 15.6. The molecule has 0 saturated carbocycles. The molecule has 9 heteroatoms. The predicted octanol–water partition coefficient (Wildman–Crippen LogP) is 4.52. The largest absolute Gasteiger partial charge is 0.454 e. The molecule has 0 spiro atoms. The zero-order chi connectivity index (χ0) is 27.5. The highest BCUT2D eigenvalue weighted by Crippen LogP contribution is 2.41. The molecule has 0 atom stereocenters. The van der Waals surface area contributed by atoms with E-state index in [-0.39, 0.29) is 18.6 Å². The van der Waals surface area contributed by atoms with E-state index >= 15 is 0 Å². The van der Waals surface area contributed by atoms with Crippen molar-refractivity contribution in [2.75, 3.05) is 49.5 Å². The Morgan fingerprint density at radius 2 is 1.79 bits per heavy atom. The van der Waals surface area contributed by atoms with Gasteiger partial charge in [-0.05, 0) is 81.7 Å². The molecule has 0 aromatic heterocycles. The summed E-state index contributed by atoms with van der Waals surface area (Å²) < 4.78 is 11.1. The number of benzene rings is 3. The van der Waals surface area contributed by atoms with Gasteiger partial charge < -0.3 is 29.9 Å². The highest BCUT2D eigenvalue weighted by Gasteiger charge is 2.29. The standard InChI is InChI=1S/C30H29N5O4/c1-19(36)35(14-4-13-34(2)3)23-9-7-22(8-10-23)32-29(21-6-12-26-27(16-21)39-18-38-26)28-24-11-5-20(17-31)15-25(24)33-30(28)37/h5-12,15-16,32H,4,13-14,18H2,1-3H3,(H,33,37)/b29-28-. The third kappa shape index (κ3) is 5.42. The SMILES string of the molecule is CC(=O)N(CCCN(C)C)c1ccc(N/C(=C2\C(=O)Nc3cc(C#N)ccc32)c2ccc3c(c2)OCO3)cc1. The summed E-state index contributed by atoms with van der Waals surface area (Å²) in [5.74, 6) is 0.936. The Labute approximate surface area is 227 Å². The van der Waals surface area contributed by atoms with E-state index in [9.17, 15) is 14.9 Å². The van der Waals surface area contributed by atoms with Crippen LogP contribution in [-0.2, 0) is 9.59 Å². The normalized spacial score (nSPS) is 14.5. The summed E-state index contributed by atoms with van der Waals surface area (Å²) in [7, 11) is 4.02. The van der Waals surface area contributed by atoms with Crippen LogP contribution in [0.2, 0.25) is 0 Å². The van der Waals surface area contributed by atoms with Crippen molar-refractivity contribution < 1.29 is 19.1 Å². The van der Waals surface area contributed by atoms with E-state index in [0.29, 0.717) is 46.1 Å². The Balaban J connectivity index is 1.51. The van der Waals surface area contributed by atoms with Crippen LogP contribution < -0.4 is 25.0 Å². The maximum Gasteiger partial charge on any atom is 0.258 e. The number of hydrogen-bond acceptors (Lipinski definition) is 7. The van der Waals surface area contributed by atoms with E-state index < -0.39 is 0 Å². The molecule has 9 nitrogen and oxygen atoms in total. The molecule has 0 aliphatic carbocycles. The number of nitriles is 1. The molecule has 39 heavy (non-hydrogen) atoms. The van der Waals surface area contributed by atoms with Crippen LogP contribution in [-0.4, -0.2) is 50.7 Å². The van der Waals surface area contributed by atoms with E-state index in [1.807, 2.05) is 56.6 Å². The first-order valence-electron chi connectivity index (χ1n) is 12.6. The van der Waals surface area contributed by atoms with Crippen molar-refractivity contribution in [3.05, 3.63) is 77.4 Å². The van der Waals surface area contributed by atoms with Crippen molar-refractivity contribution in [2.45, 2.75) is 13.3 Å². The van der Waals surface area contributed by atoms with Gasteiger partial charge in [0.15, 0.2) is 11.5 Å². The molecule has 2 aliphatic rings. The highest BCUT2D eigenvalue weighted by atomic mass is 16.7. The fourth-order valence-electron chi connectivity index (χ4n) is 4.70. The molecule has 0 radical (unpaired) electrons. The second-order valence-corrected chi connectivity index (χ2v) is 9.64. The Morgan fingerprint density at radius 3 is 2.51 bits per heavy atom. The molecule has 2 aliphatic heterocycles. The quantitative estimate of drug-likeness (QED) is 0.418. The molecule has 3 aromatic rings. The molecule has 3 aromatic carbocycles. The lowest BCUT2D eigenvalue weighted by Crippen LogP contribution is -2.31. The van der Waals surface area contributed by atoms with Gasteiger partial charge in [-0.15, -0.1) is 0 Å². The third-order valence-corrected chi connectivity index (χ3v) is 6.62. The van der Waals surface area contributed by atoms with Gasteiger partial charge in [-0.25, -0.2) is 0 Å². The maximum absolute atomic E-state index is 13.2. The summed E-state index contributed by atoms with van der Waals surface area (Å²) in [6, 6.07) is 20.3. The van der Waals surface area contributed by atoms with Crippen molar-refractivity contribution in [1.29, 1.82) is 5.26 Å².